The number of hydrogen-bond acceptors (Lipinski definition) is 0. The Bertz CT molecular complexity index is 993. The molecule has 0 fully saturated rings. The second-order valence-electron chi connectivity index (χ2n) is 5.51. The minimum atomic E-state index is 0. The number of rotatable bonds is 1. The fraction of sp³-hybridized carbons (Fsp3) is 0.0500. The van der Waals surface area contributed by atoms with Crippen LogP contribution >= 0.6 is 11.6 Å². The summed E-state index contributed by atoms with van der Waals surface area (Å²) >= 11 is 6.03. The van der Waals surface area contributed by atoms with Crippen molar-refractivity contribution in [3.8, 4) is 5.69 Å². The second-order valence-corrected chi connectivity index (χ2v) is 5.94. The number of aryl methyl sites for hydroxylation is 1. The monoisotopic (exact) mass is 431 g/mol. The first-order chi connectivity index (χ1) is 10.7. The van der Waals surface area contributed by atoms with Crippen LogP contribution in [0.3, 0.4) is 0 Å². The third-order valence-electron chi connectivity index (χ3n) is 4.12. The summed E-state index contributed by atoms with van der Waals surface area (Å²) in [4.78, 5) is 0. The van der Waals surface area contributed by atoms with Gasteiger partial charge in [-0.25, -0.2) is 0 Å². The normalized spacial score (nSPS) is 10.7. The summed E-state index contributed by atoms with van der Waals surface area (Å²) in [6.45, 7) is 2.13. The van der Waals surface area contributed by atoms with E-state index in [1.807, 2.05) is 12.1 Å². The molecule has 0 bridgehead atoms. The van der Waals surface area contributed by atoms with Gasteiger partial charge in [0.05, 0.1) is 5.39 Å². The Kier molecular flexibility index (Phi) is 4.55. The summed E-state index contributed by atoms with van der Waals surface area (Å²) in [7, 11) is 0. The van der Waals surface area contributed by atoms with E-state index in [1.165, 1.54) is 27.4 Å². The van der Waals surface area contributed by atoms with Gasteiger partial charge in [-0.05, 0) is 35.0 Å². The molecule has 3 aromatic carbocycles. The quantitative estimate of drug-likeness (QED) is 0.247. The molecule has 0 saturated heterocycles. The van der Waals surface area contributed by atoms with E-state index in [-0.39, 0.29) is 24.0 Å². The minimum Gasteiger partial charge on any atom is -1.00 e. The molecule has 0 spiro atoms. The van der Waals surface area contributed by atoms with Crippen molar-refractivity contribution in [1.82, 2.24) is 0 Å². The molecule has 1 heterocycles. The first kappa shape index (κ1) is 16.2. The van der Waals surface area contributed by atoms with Crippen LogP contribution in [0.5, 0.6) is 0 Å². The van der Waals surface area contributed by atoms with E-state index in [1.54, 1.807) is 0 Å². The molecule has 0 amide bonds. The van der Waals surface area contributed by atoms with Crippen molar-refractivity contribution in [2.24, 2.45) is 0 Å². The lowest BCUT2D eigenvalue weighted by Crippen LogP contribution is -3.00. The predicted molar refractivity (Wildman–Crippen MR) is 92.7 cm³/mol. The number of nitrogens with zero attached hydrogens (tertiary/aromatic N) is 1. The molecule has 23 heavy (non-hydrogen) atoms. The molecule has 4 aromatic rings. The third kappa shape index (κ3) is 2.81. The summed E-state index contributed by atoms with van der Waals surface area (Å²) < 4.78 is 2.28. The third-order valence-corrected chi connectivity index (χ3v) is 4.37. The number of hydrogen-bond donors (Lipinski definition) is 0. The maximum absolute atomic E-state index is 6.03. The van der Waals surface area contributed by atoms with E-state index in [2.05, 4.69) is 72.2 Å². The Morgan fingerprint density at radius 1 is 0.739 bits per heavy atom. The zero-order valence-corrected chi connectivity index (χ0v) is 15.5. The van der Waals surface area contributed by atoms with Gasteiger partial charge in [-0.15, -0.1) is 0 Å². The smallest absolute Gasteiger partial charge is 0.219 e. The van der Waals surface area contributed by atoms with E-state index < -0.39 is 0 Å². The van der Waals surface area contributed by atoms with Crippen LogP contribution in [0.1, 0.15) is 5.69 Å². The zero-order valence-electron chi connectivity index (χ0n) is 12.6. The molecule has 0 aliphatic heterocycles. The van der Waals surface area contributed by atoms with Gasteiger partial charge in [-0.2, -0.15) is 4.57 Å². The molecule has 0 radical (unpaired) electrons. The molecule has 3 heteroatoms. The van der Waals surface area contributed by atoms with Crippen LogP contribution in [0.15, 0.2) is 72.8 Å². The Balaban J connectivity index is 0.00000156. The van der Waals surface area contributed by atoms with E-state index in [0.29, 0.717) is 0 Å². The number of halogens is 2. The molecule has 0 saturated carbocycles. The number of benzene rings is 3. The fourth-order valence-corrected chi connectivity index (χ4v) is 3.18. The van der Waals surface area contributed by atoms with Gasteiger partial charge in [-0.3, -0.25) is 0 Å². The maximum atomic E-state index is 6.03. The van der Waals surface area contributed by atoms with Crippen LogP contribution < -0.4 is 28.5 Å². The van der Waals surface area contributed by atoms with Gasteiger partial charge in [0.2, 0.25) is 11.2 Å². The van der Waals surface area contributed by atoms with Gasteiger partial charge < -0.3 is 24.0 Å². The van der Waals surface area contributed by atoms with Crippen molar-refractivity contribution >= 4 is 33.3 Å². The lowest BCUT2D eigenvalue weighted by Gasteiger charge is -2.07. The molecule has 4 rings (SSSR count). The summed E-state index contributed by atoms with van der Waals surface area (Å²) in [5.74, 6) is 0. The van der Waals surface area contributed by atoms with Gasteiger partial charge in [0.1, 0.15) is 0 Å². The molecule has 0 N–H and O–H groups in total. The topological polar surface area (TPSA) is 3.88 Å². The van der Waals surface area contributed by atoms with Crippen molar-refractivity contribution < 1.29 is 28.5 Å². The molecule has 1 nitrogen and oxygen atoms in total. The van der Waals surface area contributed by atoms with Crippen molar-refractivity contribution in [1.29, 1.82) is 0 Å². The average molecular weight is 432 g/mol. The highest BCUT2D eigenvalue weighted by molar-refractivity contribution is 6.30. The Hall–Kier alpha value is -1.65. The van der Waals surface area contributed by atoms with Crippen LogP contribution in [0.25, 0.3) is 27.4 Å². The average Bonchev–Trinajstić information content (AvgIpc) is 2.55. The van der Waals surface area contributed by atoms with Crippen molar-refractivity contribution in [3.63, 3.8) is 0 Å². The summed E-state index contributed by atoms with van der Waals surface area (Å²) in [6.07, 6.45) is 0. The molecule has 114 valence electrons. The maximum Gasteiger partial charge on any atom is 0.219 e. The highest BCUT2D eigenvalue weighted by Crippen LogP contribution is 2.24. The van der Waals surface area contributed by atoms with Crippen molar-refractivity contribution in [3.05, 3.63) is 83.5 Å². The van der Waals surface area contributed by atoms with E-state index in [9.17, 15) is 0 Å². The van der Waals surface area contributed by atoms with Gasteiger partial charge >= 0.3 is 0 Å². The molecule has 0 aliphatic carbocycles. The molecule has 0 aliphatic rings. The van der Waals surface area contributed by atoms with E-state index in [4.69, 9.17) is 11.6 Å². The van der Waals surface area contributed by atoms with E-state index >= 15 is 0 Å². The first-order valence-electron chi connectivity index (χ1n) is 7.33. The van der Waals surface area contributed by atoms with Gasteiger partial charge in [0, 0.05) is 36.2 Å². The summed E-state index contributed by atoms with van der Waals surface area (Å²) in [6, 6.07) is 25.2. The zero-order chi connectivity index (χ0) is 15.1. The molecular formula is C20H15ClIN. The summed E-state index contributed by atoms with van der Waals surface area (Å²) in [5.41, 5.74) is 3.54. The van der Waals surface area contributed by atoms with Crippen LogP contribution in [0, 0.1) is 6.92 Å². The van der Waals surface area contributed by atoms with Crippen molar-refractivity contribution in [2.45, 2.75) is 6.92 Å². The minimum absolute atomic E-state index is 0. The molecule has 1 aromatic heterocycles. The predicted octanol–water partition coefficient (Wildman–Crippen LogP) is 2.24. The fourth-order valence-electron chi connectivity index (χ4n) is 3.06. The highest BCUT2D eigenvalue weighted by Gasteiger charge is 2.16. The van der Waals surface area contributed by atoms with Crippen LogP contribution in [0.2, 0.25) is 5.02 Å². The van der Waals surface area contributed by atoms with Gasteiger partial charge in [-0.1, -0.05) is 35.9 Å². The van der Waals surface area contributed by atoms with Gasteiger partial charge in [0.25, 0.3) is 0 Å². The SMILES string of the molecule is Cc1ccc2c3ccccc3ccc2[n+]1-c1ccc(Cl)cc1.[I-]. The summed E-state index contributed by atoms with van der Waals surface area (Å²) in [5, 5.41) is 4.57. The highest BCUT2D eigenvalue weighted by atomic mass is 127. The lowest BCUT2D eigenvalue weighted by atomic mass is 10.0. The number of pyridine rings is 1. The first-order valence-corrected chi connectivity index (χ1v) is 7.71. The standard InChI is InChI=1S/C20H15ClN.HI/c1-14-6-12-19-18-5-3-2-4-15(18)7-13-20(19)22(14)17-10-8-16(21)9-11-17;/h2-13H,1H3;1H/q+1;/p-1. The van der Waals surface area contributed by atoms with Crippen LogP contribution in [0.4, 0.5) is 0 Å². The van der Waals surface area contributed by atoms with E-state index in [0.717, 1.165) is 10.7 Å². The largest absolute Gasteiger partial charge is 1.00 e. The number of fused-ring (bicyclic) bond motifs is 3. The molecule has 0 atom stereocenters. The Labute approximate surface area is 157 Å². The number of aromatic nitrogens is 1. The van der Waals surface area contributed by atoms with Crippen molar-refractivity contribution in [2.75, 3.05) is 0 Å². The molecule has 0 unspecified atom stereocenters. The molecular weight excluding hydrogens is 417 g/mol. The van der Waals surface area contributed by atoms with Gasteiger partial charge in [0.15, 0.2) is 5.69 Å². The lowest BCUT2D eigenvalue weighted by molar-refractivity contribution is -0.574. The Morgan fingerprint density at radius 2 is 1.48 bits per heavy atom. The Morgan fingerprint density at radius 3 is 2.26 bits per heavy atom. The van der Waals surface area contributed by atoms with Crippen LogP contribution in [-0.2, 0) is 0 Å². The second kappa shape index (κ2) is 6.46. The van der Waals surface area contributed by atoms with Crippen LogP contribution in [-0.4, -0.2) is 0 Å².